The Morgan fingerprint density at radius 2 is 1.91 bits per heavy atom. The van der Waals surface area contributed by atoms with E-state index in [9.17, 15) is 4.79 Å². The predicted molar refractivity (Wildman–Crippen MR) is 126 cm³/mol. The molecule has 3 aromatic rings. The lowest BCUT2D eigenvalue weighted by Gasteiger charge is -2.32. The number of hydrogen-bond acceptors (Lipinski definition) is 5. The Balaban J connectivity index is 1.28. The van der Waals surface area contributed by atoms with Gasteiger partial charge in [-0.1, -0.05) is 24.3 Å². The minimum absolute atomic E-state index is 0.215. The zero-order valence-corrected chi connectivity index (χ0v) is 18.8. The van der Waals surface area contributed by atoms with Crippen molar-refractivity contribution in [1.82, 2.24) is 14.9 Å². The van der Waals surface area contributed by atoms with Gasteiger partial charge in [-0.15, -0.1) is 0 Å². The van der Waals surface area contributed by atoms with Crippen molar-refractivity contribution in [2.45, 2.75) is 38.5 Å². The fraction of sp³-hybridized carbons (Fsp3) is 0.346. The van der Waals surface area contributed by atoms with Gasteiger partial charge in [-0.05, 0) is 61.6 Å². The highest BCUT2D eigenvalue weighted by atomic mass is 16.5. The SMILES string of the molecule is COc1ccccc1CCC(=O)N1CCC(c2ccc(Nc3ncccc3C)cn2)CC1. The molecule has 0 saturated carbocycles. The molecule has 6 nitrogen and oxygen atoms in total. The number of anilines is 2. The van der Waals surface area contributed by atoms with E-state index in [0.29, 0.717) is 18.8 Å². The van der Waals surface area contributed by atoms with Gasteiger partial charge < -0.3 is 15.0 Å². The molecule has 1 aliphatic heterocycles. The second-order valence-electron chi connectivity index (χ2n) is 8.23. The number of carbonyl (C=O) groups excluding carboxylic acids is 1. The lowest BCUT2D eigenvalue weighted by atomic mass is 9.92. The topological polar surface area (TPSA) is 67.3 Å². The molecule has 0 aliphatic carbocycles. The first kappa shape index (κ1) is 21.8. The van der Waals surface area contributed by atoms with Gasteiger partial charge >= 0.3 is 0 Å². The Bertz CT molecular complexity index is 1040. The molecule has 1 fully saturated rings. The number of amides is 1. The first-order chi connectivity index (χ1) is 15.6. The monoisotopic (exact) mass is 430 g/mol. The van der Waals surface area contributed by atoms with Crippen molar-refractivity contribution in [3.05, 3.63) is 77.7 Å². The average molecular weight is 431 g/mol. The molecule has 2 aromatic heterocycles. The Morgan fingerprint density at radius 1 is 1.09 bits per heavy atom. The van der Waals surface area contributed by atoms with E-state index in [4.69, 9.17) is 4.74 Å². The zero-order valence-electron chi connectivity index (χ0n) is 18.8. The van der Waals surface area contributed by atoms with E-state index in [-0.39, 0.29) is 5.91 Å². The Hall–Kier alpha value is -3.41. The van der Waals surface area contributed by atoms with Crippen LogP contribution in [0.3, 0.4) is 0 Å². The number of ether oxygens (including phenoxy) is 1. The molecule has 6 heteroatoms. The second kappa shape index (κ2) is 10.3. The summed E-state index contributed by atoms with van der Waals surface area (Å²) < 4.78 is 5.39. The van der Waals surface area contributed by atoms with E-state index >= 15 is 0 Å². The summed E-state index contributed by atoms with van der Waals surface area (Å²) in [6.45, 7) is 3.59. The van der Waals surface area contributed by atoms with Crippen molar-refractivity contribution in [2.24, 2.45) is 0 Å². The Labute approximate surface area is 189 Å². The summed E-state index contributed by atoms with van der Waals surface area (Å²) in [4.78, 5) is 23.8. The summed E-state index contributed by atoms with van der Waals surface area (Å²) in [6.07, 6.45) is 6.75. The van der Waals surface area contributed by atoms with Gasteiger partial charge in [0.2, 0.25) is 5.91 Å². The Kier molecular flexibility index (Phi) is 7.00. The maximum atomic E-state index is 12.7. The quantitative estimate of drug-likeness (QED) is 0.579. The third-order valence-corrected chi connectivity index (χ3v) is 6.13. The molecule has 0 bridgehead atoms. The maximum Gasteiger partial charge on any atom is 0.222 e. The molecular formula is C26H30N4O2. The number of aromatic nitrogens is 2. The van der Waals surface area contributed by atoms with Gasteiger partial charge in [-0.25, -0.2) is 4.98 Å². The van der Waals surface area contributed by atoms with Gasteiger partial charge in [-0.2, -0.15) is 0 Å². The van der Waals surface area contributed by atoms with Crippen molar-refractivity contribution < 1.29 is 9.53 Å². The van der Waals surface area contributed by atoms with Crippen LogP contribution in [0.25, 0.3) is 0 Å². The van der Waals surface area contributed by atoms with Crippen LogP contribution in [0.4, 0.5) is 11.5 Å². The van der Waals surface area contributed by atoms with Crippen molar-refractivity contribution in [2.75, 3.05) is 25.5 Å². The average Bonchev–Trinajstić information content (AvgIpc) is 2.85. The Morgan fingerprint density at radius 3 is 2.62 bits per heavy atom. The van der Waals surface area contributed by atoms with Crippen molar-refractivity contribution in [3.8, 4) is 5.75 Å². The molecule has 0 unspecified atom stereocenters. The smallest absolute Gasteiger partial charge is 0.222 e. The van der Waals surface area contributed by atoms with Crippen molar-refractivity contribution in [3.63, 3.8) is 0 Å². The van der Waals surface area contributed by atoms with Crippen LogP contribution in [0.2, 0.25) is 0 Å². The fourth-order valence-electron chi connectivity index (χ4n) is 4.21. The molecular weight excluding hydrogens is 400 g/mol. The highest BCUT2D eigenvalue weighted by Gasteiger charge is 2.24. The number of pyridine rings is 2. The van der Waals surface area contributed by atoms with Gasteiger partial charge in [0, 0.05) is 37.3 Å². The number of benzene rings is 1. The van der Waals surface area contributed by atoms with Crippen LogP contribution in [0.15, 0.2) is 60.9 Å². The number of nitrogens with one attached hydrogen (secondary N) is 1. The number of hydrogen-bond donors (Lipinski definition) is 1. The molecule has 0 spiro atoms. The third kappa shape index (κ3) is 5.25. The van der Waals surface area contributed by atoms with Gasteiger partial charge in [0.25, 0.3) is 0 Å². The summed E-state index contributed by atoms with van der Waals surface area (Å²) in [5, 5.41) is 3.32. The molecule has 1 aliphatic rings. The van der Waals surface area contributed by atoms with Crippen molar-refractivity contribution >= 4 is 17.4 Å². The predicted octanol–water partition coefficient (Wildman–Crippen LogP) is 4.88. The number of aryl methyl sites for hydroxylation is 2. The number of para-hydroxylation sites is 1. The molecule has 166 valence electrons. The first-order valence-electron chi connectivity index (χ1n) is 11.2. The van der Waals surface area contributed by atoms with Crippen LogP contribution in [-0.4, -0.2) is 41.0 Å². The number of carbonyl (C=O) groups is 1. The summed E-state index contributed by atoms with van der Waals surface area (Å²) in [5.41, 5.74) is 4.20. The minimum Gasteiger partial charge on any atom is -0.496 e. The minimum atomic E-state index is 0.215. The molecule has 1 aromatic carbocycles. The normalized spacial score (nSPS) is 14.2. The van der Waals surface area contributed by atoms with E-state index < -0.39 is 0 Å². The van der Waals surface area contributed by atoms with Crippen LogP contribution in [0, 0.1) is 6.92 Å². The molecule has 4 rings (SSSR count). The molecule has 0 radical (unpaired) electrons. The molecule has 1 saturated heterocycles. The lowest BCUT2D eigenvalue weighted by Crippen LogP contribution is -2.38. The van der Waals surface area contributed by atoms with Crippen LogP contribution in [-0.2, 0) is 11.2 Å². The lowest BCUT2D eigenvalue weighted by molar-refractivity contribution is -0.132. The zero-order chi connectivity index (χ0) is 22.3. The summed E-state index contributed by atoms with van der Waals surface area (Å²) in [5.74, 6) is 2.30. The van der Waals surface area contributed by atoms with E-state index in [1.807, 2.05) is 54.4 Å². The third-order valence-electron chi connectivity index (χ3n) is 6.13. The highest BCUT2D eigenvalue weighted by molar-refractivity contribution is 5.76. The standard InChI is InChI=1S/C26H30N4O2/c1-19-6-5-15-27-26(19)29-22-10-11-23(28-18-22)20-13-16-30(17-14-20)25(31)12-9-21-7-3-4-8-24(21)32-2/h3-8,10-11,15,18,20H,9,12-14,16-17H2,1-2H3,(H,27,29). The van der Waals surface area contributed by atoms with Gasteiger partial charge in [-0.3, -0.25) is 9.78 Å². The van der Waals surface area contributed by atoms with E-state index in [1.54, 1.807) is 13.3 Å². The summed E-state index contributed by atoms with van der Waals surface area (Å²) in [6, 6.07) is 16.0. The molecule has 1 amide bonds. The number of nitrogens with zero attached hydrogens (tertiary/aromatic N) is 3. The van der Waals surface area contributed by atoms with Crippen molar-refractivity contribution in [1.29, 1.82) is 0 Å². The number of piperidine rings is 1. The van der Waals surface area contributed by atoms with Gasteiger partial charge in [0.1, 0.15) is 11.6 Å². The van der Waals surface area contributed by atoms with Crippen LogP contribution in [0.5, 0.6) is 5.75 Å². The molecule has 0 atom stereocenters. The summed E-state index contributed by atoms with van der Waals surface area (Å²) in [7, 11) is 1.67. The second-order valence-corrected chi connectivity index (χ2v) is 8.23. The van der Waals surface area contributed by atoms with E-state index in [2.05, 4.69) is 27.4 Å². The summed E-state index contributed by atoms with van der Waals surface area (Å²) >= 11 is 0. The van der Waals surface area contributed by atoms with Crippen LogP contribution in [0.1, 0.15) is 42.0 Å². The maximum absolute atomic E-state index is 12.7. The van der Waals surface area contributed by atoms with E-state index in [1.165, 1.54) is 0 Å². The van der Waals surface area contributed by atoms with Crippen LogP contribution >= 0.6 is 0 Å². The number of rotatable bonds is 7. The first-order valence-corrected chi connectivity index (χ1v) is 11.2. The van der Waals surface area contributed by atoms with Crippen LogP contribution < -0.4 is 10.1 Å². The van der Waals surface area contributed by atoms with E-state index in [0.717, 1.165) is 60.0 Å². The molecule has 32 heavy (non-hydrogen) atoms. The largest absolute Gasteiger partial charge is 0.496 e. The molecule has 1 N–H and O–H groups in total. The fourth-order valence-corrected chi connectivity index (χ4v) is 4.21. The number of likely N-dealkylation sites (tertiary alicyclic amines) is 1. The number of methoxy groups -OCH3 is 1. The van der Waals surface area contributed by atoms with Gasteiger partial charge in [0.05, 0.1) is 19.0 Å². The van der Waals surface area contributed by atoms with Gasteiger partial charge in [0.15, 0.2) is 0 Å². The molecule has 3 heterocycles. The highest BCUT2D eigenvalue weighted by Crippen LogP contribution is 2.28.